The number of aromatic nitrogens is 4. The zero-order valence-corrected chi connectivity index (χ0v) is 18.3. The molecule has 8 heteroatoms. The average molecular weight is 423 g/mol. The van der Waals surface area contributed by atoms with Crippen molar-refractivity contribution in [1.82, 2.24) is 24.2 Å². The number of carbonyl (C=O) groups excluding carboxylic acids is 1. The summed E-state index contributed by atoms with van der Waals surface area (Å²) in [6.45, 7) is 5.91. The van der Waals surface area contributed by atoms with Crippen molar-refractivity contribution in [1.29, 1.82) is 0 Å². The van der Waals surface area contributed by atoms with Crippen LogP contribution in [0.5, 0.6) is 0 Å². The van der Waals surface area contributed by atoms with Crippen LogP contribution in [0.3, 0.4) is 0 Å². The summed E-state index contributed by atoms with van der Waals surface area (Å²) in [5.74, 6) is 3.53. The average Bonchev–Trinajstić information content (AvgIpc) is 3.43. The van der Waals surface area contributed by atoms with Gasteiger partial charge in [-0.1, -0.05) is 6.42 Å². The minimum Gasteiger partial charge on any atom is -0.340 e. The van der Waals surface area contributed by atoms with Crippen LogP contribution in [0, 0.1) is 24.7 Å². The maximum atomic E-state index is 13.4. The van der Waals surface area contributed by atoms with Crippen molar-refractivity contribution in [3.05, 3.63) is 39.6 Å². The minimum atomic E-state index is -0.0998. The third kappa shape index (κ3) is 3.02. The van der Waals surface area contributed by atoms with Gasteiger partial charge in [0.25, 0.3) is 11.5 Å². The first-order chi connectivity index (χ1) is 15.0. The van der Waals surface area contributed by atoms with Crippen LogP contribution >= 0.6 is 0 Å². The summed E-state index contributed by atoms with van der Waals surface area (Å²) in [4.78, 5) is 35.4. The second-order valence-electron chi connectivity index (χ2n) is 10.0. The molecule has 4 atom stereocenters. The number of hydrogen-bond acceptors (Lipinski definition) is 5. The molecule has 0 radical (unpaired) electrons. The van der Waals surface area contributed by atoms with Crippen LogP contribution in [0.4, 0.5) is 5.95 Å². The molecule has 5 heterocycles. The normalized spacial score (nSPS) is 29.2. The SMILES string of the molecule is Cc1nc(N2C[C@@H]3C[C@H](C2)c2ccc(C(=O)N4C[C@H]5CCC[C@H]5C4)c(=O)n2C3)n(C)n1. The molecule has 2 aromatic heterocycles. The van der Waals surface area contributed by atoms with E-state index in [1.165, 1.54) is 19.3 Å². The van der Waals surface area contributed by atoms with Gasteiger partial charge in [-0.3, -0.25) is 9.59 Å². The zero-order chi connectivity index (χ0) is 21.3. The second-order valence-corrected chi connectivity index (χ2v) is 10.0. The van der Waals surface area contributed by atoms with Crippen molar-refractivity contribution in [3.8, 4) is 0 Å². The molecule has 0 spiro atoms. The van der Waals surface area contributed by atoms with E-state index in [2.05, 4.69) is 15.0 Å². The largest absolute Gasteiger partial charge is 0.340 e. The summed E-state index contributed by atoms with van der Waals surface area (Å²) in [6.07, 6.45) is 4.81. The Labute approximate surface area is 181 Å². The highest BCUT2D eigenvalue weighted by Crippen LogP contribution is 2.39. The molecule has 31 heavy (non-hydrogen) atoms. The van der Waals surface area contributed by atoms with Gasteiger partial charge in [-0.15, -0.1) is 0 Å². The van der Waals surface area contributed by atoms with Crippen molar-refractivity contribution in [3.63, 3.8) is 0 Å². The van der Waals surface area contributed by atoms with Gasteiger partial charge in [0, 0.05) is 51.4 Å². The van der Waals surface area contributed by atoms with E-state index in [1.807, 2.05) is 34.2 Å². The summed E-state index contributed by atoms with van der Waals surface area (Å²) in [6, 6.07) is 3.81. The molecule has 2 bridgehead atoms. The summed E-state index contributed by atoms with van der Waals surface area (Å²) in [5, 5.41) is 4.39. The molecule has 0 aromatic carbocycles. The van der Waals surface area contributed by atoms with E-state index < -0.39 is 0 Å². The molecular weight excluding hydrogens is 392 g/mol. The molecule has 6 rings (SSSR count). The standard InChI is InChI=1S/C23H30N6O2/c1-14-24-23(26(2)25-14)28-9-15-8-18(13-28)20-7-6-19(22(31)29(20)10-15)21(30)27-11-16-4-3-5-17(16)12-27/h6-7,15-18H,3-5,8-13H2,1-2H3/t15-,16-,17+,18+/m0/s1. The Hall–Kier alpha value is -2.64. The molecule has 8 nitrogen and oxygen atoms in total. The number of amides is 1. The maximum Gasteiger partial charge on any atom is 0.263 e. The Bertz CT molecular complexity index is 1090. The zero-order valence-electron chi connectivity index (χ0n) is 18.3. The van der Waals surface area contributed by atoms with Crippen molar-refractivity contribution < 1.29 is 4.79 Å². The lowest BCUT2D eigenvalue weighted by atomic mass is 9.83. The lowest BCUT2D eigenvalue weighted by molar-refractivity contribution is 0.0777. The van der Waals surface area contributed by atoms with E-state index in [-0.39, 0.29) is 17.4 Å². The quantitative estimate of drug-likeness (QED) is 0.737. The van der Waals surface area contributed by atoms with E-state index in [0.29, 0.717) is 29.9 Å². The van der Waals surface area contributed by atoms with Gasteiger partial charge < -0.3 is 14.4 Å². The van der Waals surface area contributed by atoms with E-state index in [1.54, 1.807) is 6.07 Å². The van der Waals surface area contributed by atoms with Gasteiger partial charge in [0.2, 0.25) is 5.95 Å². The molecule has 1 amide bonds. The van der Waals surface area contributed by atoms with E-state index >= 15 is 0 Å². The monoisotopic (exact) mass is 422 g/mol. The van der Waals surface area contributed by atoms with Crippen molar-refractivity contribution in [2.75, 3.05) is 31.1 Å². The number of nitrogens with zero attached hydrogens (tertiary/aromatic N) is 6. The molecule has 4 aliphatic rings. The van der Waals surface area contributed by atoms with Gasteiger partial charge in [-0.2, -0.15) is 10.1 Å². The molecular formula is C23H30N6O2. The molecule has 1 aliphatic carbocycles. The predicted molar refractivity (Wildman–Crippen MR) is 116 cm³/mol. The second kappa shape index (κ2) is 6.93. The first-order valence-corrected chi connectivity index (χ1v) is 11.6. The van der Waals surface area contributed by atoms with Gasteiger partial charge >= 0.3 is 0 Å². The smallest absolute Gasteiger partial charge is 0.263 e. The van der Waals surface area contributed by atoms with E-state index in [4.69, 9.17) is 0 Å². The molecule has 2 saturated heterocycles. The highest BCUT2D eigenvalue weighted by molar-refractivity contribution is 5.94. The van der Waals surface area contributed by atoms with Crippen molar-refractivity contribution in [2.45, 2.75) is 45.1 Å². The Balaban J connectivity index is 1.27. The Kier molecular flexibility index (Phi) is 4.27. The highest BCUT2D eigenvalue weighted by atomic mass is 16.2. The van der Waals surface area contributed by atoms with Crippen molar-refractivity contribution in [2.24, 2.45) is 24.8 Å². The highest BCUT2D eigenvalue weighted by Gasteiger charge is 2.40. The number of likely N-dealkylation sites (tertiary alicyclic amines) is 1. The molecule has 0 N–H and O–H groups in total. The molecule has 2 aromatic rings. The van der Waals surface area contributed by atoms with Crippen molar-refractivity contribution >= 4 is 11.9 Å². The van der Waals surface area contributed by atoms with E-state index in [9.17, 15) is 9.59 Å². The fraction of sp³-hybridized carbons (Fsp3) is 0.652. The van der Waals surface area contributed by atoms with Gasteiger partial charge in [0.15, 0.2) is 0 Å². The summed E-state index contributed by atoms with van der Waals surface area (Å²) >= 11 is 0. The molecule has 0 unspecified atom stereocenters. The summed E-state index contributed by atoms with van der Waals surface area (Å²) in [5.41, 5.74) is 1.31. The minimum absolute atomic E-state index is 0.0679. The predicted octanol–water partition coefficient (Wildman–Crippen LogP) is 1.78. The maximum absolute atomic E-state index is 13.4. The van der Waals surface area contributed by atoms with Gasteiger partial charge in [0.1, 0.15) is 11.4 Å². The van der Waals surface area contributed by atoms with Crippen LogP contribution in [0.1, 0.15) is 53.5 Å². The summed E-state index contributed by atoms with van der Waals surface area (Å²) in [7, 11) is 1.93. The van der Waals surface area contributed by atoms with Crippen LogP contribution in [0.25, 0.3) is 0 Å². The Morgan fingerprint density at radius 1 is 1.06 bits per heavy atom. The number of fused-ring (bicyclic) bond motifs is 5. The van der Waals surface area contributed by atoms with Gasteiger partial charge in [0.05, 0.1) is 0 Å². The molecule has 1 saturated carbocycles. The fourth-order valence-electron chi connectivity index (χ4n) is 6.62. The van der Waals surface area contributed by atoms with E-state index in [0.717, 1.165) is 50.1 Å². The topological polar surface area (TPSA) is 76.3 Å². The number of piperidine rings is 1. The molecule has 164 valence electrons. The first-order valence-electron chi connectivity index (χ1n) is 11.6. The number of anilines is 1. The number of pyridine rings is 1. The lowest BCUT2D eigenvalue weighted by Gasteiger charge is -2.43. The Morgan fingerprint density at radius 2 is 1.84 bits per heavy atom. The third-order valence-electron chi connectivity index (χ3n) is 7.98. The van der Waals surface area contributed by atoms with Crippen LogP contribution in [-0.4, -0.2) is 56.3 Å². The van der Waals surface area contributed by atoms with Crippen LogP contribution in [0.15, 0.2) is 16.9 Å². The number of aryl methyl sites for hydroxylation is 2. The molecule has 3 fully saturated rings. The number of rotatable bonds is 2. The Morgan fingerprint density at radius 3 is 2.55 bits per heavy atom. The van der Waals surface area contributed by atoms with Gasteiger partial charge in [-0.05, 0) is 56.1 Å². The van der Waals surface area contributed by atoms with Crippen LogP contribution in [0.2, 0.25) is 0 Å². The van der Waals surface area contributed by atoms with Crippen LogP contribution < -0.4 is 10.5 Å². The van der Waals surface area contributed by atoms with Crippen LogP contribution in [-0.2, 0) is 13.6 Å². The first kappa shape index (κ1) is 19.1. The number of hydrogen-bond donors (Lipinski definition) is 0. The molecule has 3 aliphatic heterocycles. The third-order valence-corrected chi connectivity index (χ3v) is 7.98. The number of carbonyl (C=O) groups is 1. The summed E-state index contributed by atoms with van der Waals surface area (Å²) < 4.78 is 3.73. The van der Waals surface area contributed by atoms with Gasteiger partial charge in [-0.25, -0.2) is 4.68 Å². The fourth-order valence-corrected chi connectivity index (χ4v) is 6.62. The lowest BCUT2D eigenvalue weighted by Crippen LogP contribution is -2.49.